The largest absolute Gasteiger partial charge is 0.375 e. The van der Waals surface area contributed by atoms with Crippen LogP contribution in [0, 0.1) is 10.1 Å². The monoisotopic (exact) mass is 393 g/mol. The lowest BCUT2D eigenvalue weighted by Gasteiger charge is -2.12. The van der Waals surface area contributed by atoms with Gasteiger partial charge >= 0.3 is 5.69 Å². The van der Waals surface area contributed by atoms with Gasteiger partial charge in [0.2, 0.25) is 5.15 Å². The Kier molecular flexibility index (Phi) is 4.90. The predicted molar refractivity (Wildman–Crippen MR) is 109 cm³/mol. The molecule has 0 amide bonds. The molecule has 0 fully saturated rings. The zero-order valence-corrected chi connectivity index (χ0v) is 15.5. The van der Waals surface area contributed by atoms with Crippen LogP contribution in [0.3, 0.4) is 0 Å². The number of para-hydroxylation sites is 1. The molecule has 0 bridgehead atoms. The Morgan fingerprint density at radius 1 is 1.14 bits per heavy atom. The van der Waals surface area contributed by atoms with Gasteiger partial charge in [0.05, 0.1) is 16.8 Å². The number of nitro groups is 1. The van der Waals surface area contributed by atoms with Crippen molar-refractivity contribution >= 4 is 33.9 Å². The van der Waals surface area contributed by atoms with Crippen LogP contribution < -0.4 is 5.32 Å². The van der Waals surface area contributed by atoms with E-state index in [0.717, 1.165) is 11.1 Å². The second-order valence-corrected chi connectivity index (χ2v) is 6.67. The lowest BCUT2D eigenvalue weighted by Crippen LogP contribution is -2.06. The molecule has 0 aliphatic heterocycles. The van der Waals surface area contributed by atoms with Crippen molar-refractivity contribution in [3.8, 4) is 0 Å². The minimum Gasteiger partial charge on any atom is -0.375 e. The molecule has 0 radical (unpaired) electrons. The maximum atomic E-state index is 11.6. The molecule has 140 valence electrons. The van der Waals surface area contributed by atoms with Crippen LogP contribution in [0.25, 0.3) is 10.9 Å². The molecule has 2 aromatic carbocycles. The summed E-state index contributed by atoms with van der Waals surface area (Å²) in [6.45, 7) is 1.13. The van der Waals surface area contributed by atoms with E-state index in [1.807, 2.05) is 41.1 Å². The number of hydrogen-bond acceptors (Lipinski definition) is 5. The van der Waals surface area contributed by atoms with Crippen molar-refractivity contribution in [3.05, 3.63) is 93.6 Å². The number of hydrogen-bond donors (Lipinski definition) is 1. The van der Waals surface area contributed by atoms with E-state index in [9.17, 15) is 10.1 Å². The lowest BCUT2D eigenvalue weighted by molar-refractivity contribution is -0.384. The fraction of sp³-hybridized carbons (Fsp3) is 0.100. The van der Waals surface area contributed by atoms with E-state index in [4.69, 9.17) is 11.6 Å². The molecule has 2 aromatic heterocycles. The Morgan fingerprint density at radius 2 is 1.96 bits per heavy atom. The van der Waals surface area contributed by atoms with Crippen molar-refractivity contribution in [2.24, 2.45) is 0 Å². The number of aromatic nitrogens is 3. The van der Waals surface area contributed by atoms with Crippen molar-refractivity contribution in [3.63, 3.8) is 0 Å². The van der Waals surface area contributed by atoms with E-state index in [-0.39, 0.29) is 10.8 Å². The van der Waals surface area contributed by atoms with Gasteiger partial charge in [0.1, 0.15) is 5.69 Å². The summed E-state index contributed by atoms with van der Waals surface area (Å²) >= 11 is 6.09. The Hall–Kier alpha value is -3.45. The number of imidazole rings is 1. The van der Waals surface area contributed by atoms with Gasteiger partial charge in [-0.25, -0.2) is 9.97 Å². The number of anilines is 1. The van der Waals surface area contributed by atoms with Gasteiger partial charge in [0, 0.05) is 30.9 Å². The highest BCUT2D eigenvalue weighted by molar-refractivity contribution is 6.33. The predicted octanol–water partition coefficient (Wildman–Crippen LogP) is 4.65. The number of rotatable bonds is 6. The van der Waals surface area contributed by atoms with E-state index < -0.39 is 4.92 Å². The summed E-state index contributed by atoms with van der Waals surface area (Å²) in [4.78, 5) is 19.3. The van der Waals surface area contributed by atoms with Crippen LogP contribution in [0.2, 0.25) is 5.15 Å². The van der Waals surface area contributed by atoms with Gasteiger partial charge in [-0.15, -0.1) is 0 Å². The first kappa shape index (κ1) is 17.9. The minimum atomic E-state index is -0.500. The van der Waals surface area contributed by atoms with Gasteiger partial charge in [0.15, 0.2) is 0 Å². The third-order valence-corrected chi connectivity index (χ3v) is 4.66. The Morgan fingerprint density at radius 3 is 2.75 bits per heavy atom. The summed E-state index contributed by atoms with van der Waals surface area (Å²) in [5.74, 6) is 0. The van der Waals surface area contributed by atoms with Gasteiger partial charge in [-0.2, -0.15) is 0 Å². The molecule has 0 spiro atoms. The number of nitrogens with one attached hydrogen (secondary N) is 1. The Balaban J connectivity index is 1.64. The summed E-state index contributed by atoms with van der Waals surface area (Å²) in [7, 11) is 0. The summed E-state index contributed by atoms with van der Waals surface area (Å²) in [5, 5.41) is 15.3. The van der Waals surface area contributed by atoms with Crippen molar-refractivity contribution in [2.75, 3.05) is 5.32 Å². The molecule has 8 heteroatoms. The molecular formula is C20H16ClN5O2. The van der Waals surface area contributed by atoms with Gasteiger partial charge in [-0.05, 0) is 17.2 Å². The van der Waals surface area contributed by atoms with Gasteiger partial charge in [-0.1, -0.05) is 54.1 Å². The number of fused-ring (bicyclic) bond motifs is 1. The second kappa shape index (κ2) is 7.66. The molecule has 0 aliphatic rings. The number of pyridine rings is 1. The Labute approximate surface area is 165 Å². The molecule has 2 heterocycles. The van der Waals surface area contributed by atoms with Crippen LogP contribution in [-0.2, 0) is 13.1 Å². The molecule has 0 unspecified atom stereocenters. The van der Waals surface area contributed by atoms with Crippen LogP contribution >= 0.6 is 11.6 Å². The van der Waals surface area contributed by atoms with Crippen molar-refractivity contribution in [2.45, 2.75) is 13.1 Å². The van der Waals surface area contributed by atoms with E-state index in [0.29, 0.717) is 29.7 Å². The third-order valence-electron chi connectivity index (χ3n) is 4.39. The number of benzene rings is 2. The van der Waals surface area contributed by atoms with Crippen LogP contribution in [0.15, 0.2) is 67.3 Å². The quantitative estimate of drug-likeness (QED) is 0.292. The molecule has 0 saturated heterocycles. The van der Waals surface area contributed by atoms with Crippen molar-refractivity contribution < 1.29 is 4.92 Å². The lowest BCUT2D eigenvalue weighted by atomic mass is 10.1. The van der Waals surface area contributed by atoms with Crippen molar-refractivity contribution in [1.29, 1.82) is 0 Å². The topological polar surface area (TPSA) is 85.9 Å². The molecule has 0 atom stereocenters. The van der Waals surface area contributed by atoms with E-state index >= 15 is 0 Å². The summed E-state index contributed by atoms with van der Waals surface area (Å²) in [5.41, 5.74) is 2.89. The molecule has 4 rings (SSSR count). The summed E-state index contributed by atoms with van der Waals surface area (Å²) < 4.78 is 1.98. The molecule has 1 N–H and O–H groups in total. The van der Waals surface area contributed by atoms with Gasteiger partial charge < -0.3 is 9.88 Å². The first-order valence-corrected chi connectivity index (χ1v) is 8.99. The Bertz CT molecular complexity index is 1140. The van der Waals surface area contributed by atoms with Crippen LogP contribution in [-0.4, -0.2) is 19.5 Å². The fourth-order valence-electron chi connectivity index (χ4n) is 3.14. The van der Waals surface area contributed by atoms with Gasteiger partial charge in [0.25, 0.3) is 0 Å². The SMILES string of the molecule is O=[N+]([O-])c1c(Cl)nc2ccccc2c1NCc1cccc(Cn2ccnc2)c1. The van der Waals surface area contributed by atoms with E-state index in [1.54, 1.807) is 24.7 Å². The molecule has 0 saturated carbocycles. The first-order valence-electron chi connectivity index (χ1n) is 8.62. The normalized spacial score (nSPS) is 10.9. The molecule has 7 nitrogen and oxygen atoms in total. The highest BCUT2D eigenvalue weighted by atomic mass is 35.5. The smallest absolute Gasteiger partial charge is 0.329 e. The molecular weight excluding hydrogens is 378 g/mol. The van der Waals surface area contributed by atoms with Gasteiger partial charge in [-0.3, -0.25) is 10.1 Å². The molecule has 28 heavy (non-hydrogen) atoms. The zero-order chi connectivity index (χ0) is 19.5. The maximum absolute atomic E-state index is 11.6. The number of halogens is 1. The highest BCUT2D eigenvalue weighted by Gasteiger charge is 2.23. The van der Waals surface area contributed by atoms with E-state index in [2.05, 4.69) is 21.4 Å². The van der Waals surface area contributed by atoms with Crippen molar-refractivity contribution in [1.82, 2.24) is 14.5 Å². The fourth-order valence-corrected chi connectivity index (χ4v) is 3.39. The zero-order valence-electron chi connectivity index (χ0n) is 14.7. The molecule has 0 aliphatic carbocycles. The standard InChI is InChI=1S/C20H16ClN5O2/c21-20-19(26(27)28)18(16-6-1-2-7-17(16)24-20)23-11-14-4-3-5-15(10-14)12-25-9-8-22-13-25/h1-10,13H,11-12H2,(H,23,24). The maximum Gasteiger partial charge on any atom is 0.329 e. The number of nitrogens with zero attached hydrogens (tertiary/aromatic N) is 4. The summed E-state index contributed by atoms with van der Waals surface area (Å²) in [6.07, 6.45) is 5.40. The van der Waals surface area contributed by atoms with E-state index in [1.165, 1.54) is 0 Å². The third kappa shape index (κ3) is 3.65. The van der Waals surface area contributed by atoms with Crippen LogP contribution in [0.5, 0.6) is 0 Å². The highest BCUT2D eigenvalue weighted by Crippen LogP contribution is 2.37. The average Bonchev–Trinajstić information content (AvgIpc) is 3.18. The molecule has 4 aromatic rings. The summed E-state index contributed by atoms with van der Waals surface area (Å²) in [6, 6.07) is 15.2. The minimum absolute atomic E-state index is 0.125. The van der Waals surface area contributed by atoms with Crippen LogP contribution in [0.4, 0.5) is 11.4 Å². The van der Waals surface area contributed by atoms with Crippen LogP contribution in [0.1, 0.15) is 11.1 Å². The average molecular weight is 394 g/mol. The second-order valence-electron chi connectivity index (χ2n) is 6.31. The first-order chi connectivity index (χ1) is 13.6.